The Morgan fingerprint density at radius 1 is 1.04 bits per heavy atom. The van der Waals surface area contributed by atoms with Gasteiger partial charge in [-0.2, -0.15) is 4.98 Å². The van der Waals surface area contributed by atoms with Crippen molar-refractivity contribution in [1.29, 1.82) is 0 Å². The molecule has 3 rings (SSSR count). The molecule has 1 aromatic heterocycles. The Morgan fingerprint density at radius 3 is 2.26 bits per heavy atom. The maximum absolute atomic E-state index is 12.3. The summed E-state index contributed by atoms with van der Waals surface area (Å²) < 4.78 is 32.2. The van der Waals surface area contributed by atoms with Crippen molar-refractivity contribution in [2.45, 2.75) is 37.6 Å². The second-order valence-corrected chi connectivity index (χ2v) is 9.32. The monoisotopic (exact) mass is 405 g/mol. The van der Waals surface area contributed by atoms with E-state index in [4.69, 9.17) is 16.1 Å². The van der Waals surface area contributed by atoms with Crippen LogP contribution in [0.1, 0.15) is 32.2 Å². The fourth-order valence-electron chi connectivity index (χ4n) is 2.42. The fraction of sp³-hybridized carbons (Fsp3) is 0.263. The van der Waals surface area contributed by atoms with E-state index in [-0.39, 0.29) is 22.7 Å². The van der Waals surface area contributed by atoms with Gasteiger partial charge in [-0.1, -0.05) is 61.8 Å². The average Bonchev–Trinajstić information content (AvgIpc) is 3.09. The molecule has 3 aromatic rings. The Morgan fingerprint density at radius 2 is 1.67 bits per heavy atom. The highest BCUT2D eigenvalue weighted by atomic mass is 35.5. The van der Waals surface area contributed by atoms with Crippen LogP contribution in [-0.2, 0) is 22.0 Å². The Hall–Kier alpha value is -2.22. The highest BCUT2D eigenvalue weighted by molar-refractivity contribution is 7.89. The smallest absolute Gasteiger partial charge is 0.242 e. The van der Waals surface area contributed by atoms with Gasteiger partial charge >= 0.3 is 0 Å². The number of sulfonamides is 1. The minimum Gasteiger partial charge on any atom is -0.338 e. The molecule has 142 valence electrons. The van der Waals surface area contributed by atoms with Gasteiger partial charge in [0.2, 0.25) is 21.7 Å². The van der Waals surface area contributed by atoms with Crippen molar-refractivity contribution in [3.63, 3.8) is 0 Å². The Bertz CT molecular complexity index is 1020. The van der Waals surface area contributed by atoms with Gasteiger partial charge in [0.25, 0.3) is 0 Å². The Kier molecular flexibility index (Phi) is 5.37. The first-order valence-electron chi connectivity index (χ1n) is 8.34. The summed E-state index contributed by atoms with van der Waals surface area (Å²) in [6, 6.07) is 13.8. The van der Waals surface area contributed by atoms with E-state index in [1.165, 1.54) is 29.8 Å². The van der Waals surface area contributed by atoms with Crippen molar-refractivity contribution in [2.24, 2.45) is 0 Å². The number of hydrogen-bond acceptors (Lipinski definition) is 5. The van der Waals surface area contributed by atoms with Gasteiger partial charge in [0.1, 0.15) is 0 Å². The standard InChI is InChI=1S/C19H20ClN3O3S/c1-19(2,3)14-6-4-13(5-7-14)18-22-17(26-23-18)12-21-27(24,25)16-10-8-15(20)9-11-16/h4-11,21H,12H2,1-3H3. The van der Waals surface area contributed by atoms with Crippen LogP contribution in [0.15, 0.2) is 57.9 Å². The van der Waals surface area contributed by atoms with E-state index < -0.39 is 10.0 Å². The van der Waals surface area contributed by atoms with Gasteiger partial charge in [-0.3, -0.25) is 0 Å². The normalized spacial score (nSPS) is 12.3. The van der Waals surface area contributed by atoms with Gasteiger partial charge in [-0.25, -0.2) is 13.1 Å². The lowest BCUT2D eigenvalue weighted by Crippen LogP contribution is -2.23. The minimum absolute atomic E-state index is 0.0564. The zero-order valence-electron chi connectivity index (χ0n) is 15.2. The number of nitrogens with zero attached hydrogens (tertiary/aromatic N) is 2. The van der Waals surface area contributed by atoms with Crippen LogP contribution in [0.5, 0.6) is 0 Å². The van der Waals surface area contributed by atoms with Crippen molar-refractivity contribution in [3.8, 4) is 11.4 Å². The van der Waals surface area contributed by atoms with Crippen LogP contribution in [0.3, 0.4) is 0 Å². The van der Waals surface area contributed by atoms with Crippen molar-refractivity contribution in [2.75, 3.05) is 0 Å². The van der Waals surface area contributed by atoms with Crippen molar-refractivity contribution in [3.05, 3.63) is 65.0 Å². The van der Waals surface area contributed by atoms with Gasteiger partial charge in [0.05, 0.1) is 11.4 Å². The first kappa shape index (κ1) is 19.5. The zero-order chi connectivity index (χ0) is 19.7. The van der Waals surface area contributed by atoms with Crippen LogP contribution in [0.25, 0.3) is 11.4 Å². The van der Waals surface area contributed by atoms with E-state index >= 15 is 0 Å². The predicted molar refractivity (Wildman–Crippen MR) is 104 cm³/mol. The summed E-state index contributed by atoms with van der Waals surface area (Å²) in [6.07, 6.45) is 0. The molecule has 8 heteroatoms. The highest BCUT2D eigenvalue weighted by Gasteiger charge is 2.17. The molecule has 0 spiro atoms. The Balaban J connectivity index is 1.70. The average molecular weight is 406 g/mol. The van der Waals surface area contributed by atoms with Gasteiger partial charge in [-0.15, -0.1) is 0 Å². The number of hydrogen-bond donors (Lipinski definition) is 1. The molecular weight excluding hydrogens is 386 g/mol. The molecule has 0 atom stereocenters. The van der Waals surface area contributed by atoms with Crippen LogP contribution < -0.4 is 4.72 Å². The third-order valence-corrected chi connectivity index (χ3v) is 5.68. The summed E-state index contributed by atoms with van der Waals surface area (Å²) in [6.45, 7) is 6.32. The molecule has 0 saturated carbocycles. The number of benzene rings is 2. The highest BCUT2D eigenvalue weighted by Crippen LogP contribution is 2.25. The van der Waals surface area contributed by atoms with Crippen LogP contribution in [0, 0.1) is 0 Å². The first-order chi connectivity index (χ1) is 12.6. The molecule has 0 radical (unpaired) electrons. The Labute approximate surface area is 163 Å². The van der Waals surface area contributed by atoms with Gasteiger partial charge < -0.3 is 4.52 Å². The van der Waals surface area contributed by atoms with E-state index in [9.17, 15) is 8.42 Å². The van der Waals surface area contributed by atoms with Gasteiger partial charge in [0.15, 0.2) is 0 Å². The van der Waals surface area contributed by atoms with Crippen LogP contribution >= 0.6 is 11.6 Å². The second-order valence-electron chi connectivity index (χ2n) is 7.12. The molecule has 0 fully saturated rings. The molecule has 6 nitrogen and oxygen atoms in total. The third-order valence-electron chi connectivity index (χ3n) is 4.01. The molecular formula is C19H20ClN3O3S. The molecule has 0 bridgehead atoms. The molecule has 1 N–H and O–H groups in total. The molecule has 0 aliphatic carbocycles. The summed E-state index contributed by atoms with van der Waals surface area (Å²) in [5, 5.41) is 4.39. The third kappa shape index (κ3) is 4.74. The molecule has 1 heterocycles. The largest absolute Gasteiger partial charge is 0.338 e. The molecule has 2 aromatic carbocycles. The molecule has 0 aliphatic rings. The van der Waals surface area contributed by atoms with E-state index in [1.54, 1.807) is 0 Å². The molecule has 0 amide bonds. The molecule has 0 unspecified atom stereocenters. The van der Waals surface area contributed by atoms with Gasteiger partial charge in [0, 0.05) is 10.6 Å². The molecule has 0 saturated heterocycles. The van der Waals surface area contributed by atoms with E-state index in [2.05, 4.69) is 35.6 Å². The van der Waals surface area contributed by atoms with Crippen LogP contribution in [0.4, 0.5) is 0 Å². The number of halogens is 1. The van der Waals surface area contributed by atoms with Crippen molar-refractivity contribution >= 4 is 21.6 Å². The molecule has 27 heavy (non-hydrogen) atoms. The first-order valence-corrected chi connectivity index (χ1v) is 10.2. The van der Waals surface area contributed by atoms with Crippen LogP contribution in [-0.4, -0.2) is 18.6 Å². The topological polar surface area (TPSA) is 85.1 Å². The number of aromatic nitrogens is 2. The lowest BCUT2D eigenvalue weighted by Gasteiger charge is -2.18. The SMILES string of the molecule is CC(C)(C)c1ccc(-c2noc(CNS(=O)(=O)c3ccc(Cl)cc3)n2)cc1. The summed E-state index contributed by atoms with van der Waals surface area (Å²) in [7, 11) is -3.69. The number of nitrogens with one attached hydrogen (secondary N) is 1. The zero-order valence-corrected chi connectivity index (χ0v) is 16.8. The summed E-state index contributed by atoms with van der Waals surface area (Å²) in [5.41, 5.74) is 2.06. The summed E-state index contributed by atoms with van der Waals surface area (Å²) in [4.78, 5) is 4.37. The molecule has 0 aliphatic heterocycles. The maximum Gasteiger partial charge on any atom is 0.242 e. The fourth-order valence-corrected chi connectivity index (χ4v) is 3.52. The lowest BCUT2D eigenvalue weighted by atomic mass is 9.87. The van der Waals surface area contributed by atoms with Crippen molar-refractivity contribution < 1.29 is 12.9 Å². The second kappa shape index (κ2) is 7.42. The van der Waals surface area contributed by atoms with Crippen molar-refractivity contribution in [1.82, 2.24) is 14.9 Å². The number of rotatable bonds is 5. The van der Waals surface area contributed by atoms with Crippen LogP contribution in [0.2, 0.25) is 5.02 Å². The van der Waals surface area contributed by atoms with E-state index in [1.807, 2.05) is 24.3 Å². The predicted octanol–water partition coefficient (Wildman–Crippen LogP) is 4.17. The summed E-state index contributed by atoms with van der Waals surface area (Å²) in [5.74, 6) is 0.596. The quantitative estimate of drug-likeness (QED) is 0.688. The summed E-state index contributed by atoms with van der Waals surface area (Å²) >= 11 is 5.78. The van der Waals surface area contributed by atoms with Gasteiger partial charge in [-0.05, 0) is 35.2 Å². The lowest BCUT2D eigenvalue weighted by molar-refractivity contribution is 0.376. The van der Waals surface area contributed by atoms with E-state index in [0.29, 0.717) is 10.8 Å². The van der Waals surface area contributed by atoms with E-state index in [0.717, 1.165) is 5.56 Å². The minimum atomic E-state index is -3.69. The maximum atomic E-state index is 12.3.